The summed E-state index contributed by atoms with van der Waals surface area (Å²) in [6.07, 6.45) is 1.20. The first-order chi connectivity index (χ1) is 11.9. The van der Waals surface area contributed by atoms with E-state index in [1.807, 2.05) is 11.8 Å². The number of fused-ring (bicyclic) bond motifs is 1. The Morgan fingerprint density at radius 3 is 2.60 bits per heavy atom. The molecule has 1 aliphatic carbocycles. The van der Waals surface area contributed by atoms with Gasteiger partial charge in [-0.3, -0.25) is 9.69 Å². The largest absolute Gasteiger partial charge is 0.486 e. The number of carboxylic acids is 1. The van der Waals surface area contributed by atoms with Crippen LogP contribution in [0.4, 0.5) is 0 Å². The molecule has 1 aromatic rings. The zero-order valence-corrected chi connectivity index (χ0v) is 14.8. The van der Waals surface area contributed by atoms with E-state index < -0.39 is 16.0 Å². The first-order valence-electron chi connectivity index (χ1n) is 8.27. The number of rotatable bonds is 7. The molecule has 1 saturated carbocycles. The molecule has 9 heteroatoms. The first-order valence-corrected chi connectivity index (χ1v) is 9.75. The normalized spacial score (nSPS) is 22.5. The molecule has 1 aliphatic heterocycles. The highest BCUT2D eigenvalue weighted by Crippen LogP contribution is 2.33. The van der Waals surface area contributed by atoms with Gasteiger partial charge in [0.15, 0.2) is 11.5 Å². The van der Waals surface area contributed by atoms with E-state index in [0.29, 0.717) is 44.1 Å². The zero-order chi connectivity index (χ0) is 18.0. The van der Waals surface area contributed by atoms with Gasteiger partial charge in [0, 0.05) is 18.2 Å². The number of hydrogen-bond donors (Lipinski definition) is 2. The fourth-order valence-electron chi connectivity index (χ4n) is 3.13. The molecule has 3 rings (SSSR count). The summed E-state index contributed by atoms with van der Waals surface area (Å²) in [5, 5.41) is 8.91. The van der Waals surface area contributed by atoms with Crippen molar-refractivity contribution >= 4 is 16.0 Å². The summed E-state index contributed by atoms with van der Waals surface area (Å²) < 4.78 is 38.6. The fraction of sp³-hybridized carbons (Fsp3) is 0.562. The van der Waals surface area contributed by atoms with Crippen molar-refractivity contribution in [1.29, 1.82) is 0 Å². The smallest absolute Gasteiger partial charge is 0.317 e. The Labute approximate surface area is 146 Å². The van der Waals surface area contributed by atoms with Gasteiger partial charge in [-0.2, -0.15) is 0 Å². The lowest BCUT2D eigenvalue weighted by Crippen LogP contribution is -2.54. The lowest BCUT2D eigenvalue weighted by molar-refractivity contribution is -0.139. The number of hydrogen-bond acceptors (Lipinski definition) is 6. The molecule has 25 heavy (non-hydrogen) atoms. The van der Waals surface area contributed by atoms with Crippen LogP contribution in [0.1, 0.15) is 19.8 Å². The molecule has 8 nitrogen and oxygen atoms in total. The molecule has 0 atom stereocenters. The minimum atomic E-state index is -3.65. The number of carbonyl (C=O) groups is 1. The van der Waals surface area contributed by atoms with E-state index in [0.717, 1.165) is 0 Å². The van der Waals surface area contributed by atoms with E-state index in [-0.39, 0.29) is 23.5 Å². The molecule has 1 fully saturated rings. The van der Waals surface area contributed by atoms with Crippen LogP contribution in [-0.4, -0.2) is 62.8 Å². The van der Waals surface area contributed by atoms with Gasteiger partial charge in [-0.15, -0.1) is 0 Å². The molecule has 0 bridgehead atoms. The van der Waals surface area contributed by atoms with E-state index in [4.69, 9.17) is 14.6 Å². The van der Waals surface area contributed by atoms with Crippen LogP contribution in [-0.2, 0) is 14.8 Å². The van der Waals surface area contributed by atoms with Gasteiger partial charge in [-0.05, 0) is 31.5 Å². The molecule has 138 valence electrons. The molecule has 2 N–H and O–H groups in total. The molecule has 2 aliphatic rings. The Bertz CT molecular complexity index is 745. The molecule has 0 spiro atoms. The average molecular weight is 370 g/mol. The lowest BCUT2D eigenvalue weighted by Gasteiger charge is -2.42. The number of ether oxygens (including phenoxy) is 2. The number of benzene rings is 1. The lowest BCUT2D eigenvalue weighted by atomic mass is 9.86. The van der Waals surface area contributed by atoms with Crippen LogP contribution in [0.15, 0.2) is 23.1 Å². The SMILES string of the molecule is CCN(CC(=O)O)C1CC(NS(=O)(=O)c2ccc3c(c2)OCCO3)C1. The number of aliphatic carboxylic acids is 1. The molecular formula is C16H22N2O6S. The molecule has 0 unspecified atom stereocenters. The summed E-state index contributed by atoms with van der Waals surface area (Å²) in [7, 11) is -3.65. The maximum Gasteiger partial charge on any atom is 0.317 e. The molecule has 0 radical (unpaired) electrons. The van der Waals surface area contributed by atoms with Gasteiger partial charge in [-0.25, -0.2) is 13.1 Å². The second kappa shape index (κ2) is 7.19. The highest BCUT2D eigenvalue weighted by atomic mass is 32.2. The second-order valence-corrected chi connectivity index (χ2v) is 7.92. The van der Waals surface area contributed by atoms with E-state index >= 15 is 0 Å². The van der Waals surface area contributed by atoms with Gasteiger partial charge in [0.25, 0.3) is 0 Å². The number of nitrogens with one attached hydrogen (secondary N) is 1. The molecule has 1 heterocycles. The number of sulfonamides is 1. The molecule has 0 aromatic heterocycles. The van der Waals surface area contributed by atoms with Gasteiger partial charge in [0.1, 0.15) is 13.2 Å². The summed E-state index contributed by atoms with van der Waals surface area (Å²) in [4.78, 5) is 12.8. The summed E-state index contributed by atoms with van der Waals surface area (Å²) in [6, 6.07) is 4.46. The Morgan fingerprint density at radius 1 is 1.28 bits per heavy atom. The van der Waals surface area contributed by atoms with Gasteiger partial charge in [0.2, 0.25) is 10.0 Å². The second-order valence-electron chi connectivity index (χ2n) is 6.21. The van der Waals surface area contributed by atoms with E-state index in [1.165, 1.54) is 12.1 Å². The molecule has 1 aromatic carbocycles. The molecular weight excluding hydrogens is 348 g/mol. The Kier molecular flexibility index (Phi) is 5.16. The van der Waals surface area contributed by atoms with Gasteiger partial charge < -0.3 is 14.6 Å². The Balaban J connectivity index is 1.61. The van der Waals surface area contributed by atoms with Crippen molar-refractivity contribution in [3.05, 3.63) is 18.2 Å². The maximum absolute atomic E-state index is 12.5. The van der Waals surface area contributed by atoms with Crippen LogP contribution in [0.3, 0.4) is 0 Å². The summed E-state index contributed by atoms with van der Waals surface area (Å²) in [6.45, 7) is 3.34. The molecule has 0 saturated heterocycles. The van der Waals surface area contributed by atoms with Crippen LogP contribution < -0.4 is 14.2 Å². The van der Waals surface area contributed by atoms with E-state index in [1.54, 1.807) is 6.07 Å². The fourth-order valence-corrected chi connectivity index (χ4v) is 4.41. The van der Waals surface area contributed by atoms with E-state index in [2.05, 4.69) is 4.72 Å². The predicted octanol–water partition coefficient (Wildman–Crippen LogP) is 0.674. The average Bonchev–Trinajstić information content (AvgIpc) is 2.55. The van der Waals surface area contributed by atoms with E-state index in [9.17, 15) is 13.2 Å². The zero-order valence-electron chi connectivity index (χ0n) is 14.0. The van der Waals surface area contributed by atoms with Gasteiger partial charge >= 0.3 is 5.97 Å². The van der Waals surface area contributed by atoms with Crippen molar-refractivity contribution in [2.45, 2.75) is 36.7 Å². The Morgan fingerprint density at radius 2 is 1.96 bits per heavy atom. The van der Waals surface area contributed by atoms with Crippen LogP contribution in [0.5, 0.6) is 11.5 Å². The van der Waals surface area contributed by atoms with Crippen LogP contribution in [0.25, 0.3) is 0 Å². The number of carboxylic acid groups (broad SMARTS) is 1. The highest BCUT2D eigenvalue weighted by molar-refractivity contribution is 7.89. The highest BCUT2D eigenvalue weighted by Gasteiger charge is 2.36. The Hall–Kier alpha value is -1.84. The molecule has 0 amide bonds. The minimum absolute atomic E-state index is 0.0250. The summed E-state index contributed by atoms with van der Waals surface area (Å²) >= 11 is 0. The number of nitrogens with zero attached hydrogens (tertiary/aromatic N) is 1. The van der Waals surface area contributed by atoms with Crippen LogP contribution in [0.2, 0.25) is 0 Å². The van der Waals surface area contributed by atoms with Crippen molar-refractivity contribution in [2.75, 3.05) is 26.3 Å². The van der Waals surface area contributed by atoms with Gasteiger partial charge in [0.05, 0.1) is 11.4 Å². The van der Waals surface area contributed by atoms with Crippen molar-refractivity contribution < 1.29 is 27.8 Å². The van der Waals surface area contributed by atoms with Crippen LogP contribution in [0, 0.1) is 0 Å². The number of likely N-dealkylation sites (N-methyl/N-ethyl adjacent to an activating group) is 1. The van der Waals surface area contributed by atoms with Crippen LogP contribution >= 0.6 is 0 Å². The first kappa shape index (κ1) is 18.0. The third kappa shape index (κ3) is 4.05. The minimum Gasteiger partial charge on any atom is -0.486 e. The summed E-state index contributed by atoms with van der Waals surface area (Å²) in [5.74, 6) is 0.0996. The summed E-state index contributed by atoms with van der Waals surface area (Å²) in [5.41, 5.74) is 0. The van der Waals surface area contributed by atoms with Crippen molar-refractivity contribution in [3.63, 3.8) is 0 Å². The van der Waals surface area contributed by atoms with Crippen molar-refractivity contribution in [1.82, 2.24) is 9.62 Å². The van der Waals surface area contributed by atoms with Gasteiger partial charge in [-0.1, -0.05) is 6.92 Å². The third-order valence-corrected chi connectivity index (χ3v) is 6.04. The topological polar surface area (TPSA) is 105 Å². The third-order valence-electron chi connectivity index (χ3n) is 4.52. The maximum atomic E-state index is 12.5. The van der Waals surface area contributed by atoms with Crippen molar-refractivity contribution in [3.8, 4) is 11.5 Å². The van der Waals surface area contributed by atoms with Crippen molar-refractivity contribution in [2.24, 2.45) is 0 Å². The standard InChI is InChI=1S/C16H22N2O6S/c1-2-18(10-16(19)20)12-7-11(8-12)17-25(21,22)13-3-4-14-15(9-13)24-6-5-23-14/h3-4,9,11-12,17H,2,5-8,10H2,1H3,(H,19,20). The monoisotopic (exact) mass is 370 g/mol. The quantitative estimate of drug-likeness (QED) is 0.727. The predicted molar refractivity (Wildman–Crippen MR) is 89.4 cm³/mol.